The molecule has 2 aromatic rings. The van der Waals surface area contributed by atoms with Gasteiger partial charge in [-0.1, -0.05) is 23.7 Å². The molecule has 0 aromatic heterocycles. The van der Waals surface area contributed by atoms with Crippen molar-refractivity contribution in [2.24, 2.45) is 0 Å². The number of nitrogens with one attached hydrogen (secondary N) is 1. The Kier molecular flexibility index (Phi) is 4.82. The second-order valence-electron chi connectivity index (χ2n) is 5.91. The molecule has 0 unspecified atom stereocenters. The minimum Gasteiger partial charge on any atom is -0.490 e. The summed E-state index contributed by atoms with van der Waals surface area (Å²) in [5.41, 5.74) is -1.92. The Morgan fingerprint density at radius 3 is 2.65 bits per heavy atom. The van der Waals surface area contributed by atoms with E-state index in [1.807, 2.05) is 0 Å². The lowest BCUT2D eigenvalue weighted by Crippen LogP contribution is -2.42. The van der Waals surface area contributed by atoms with Crippen LogP contribution in [0.4, 0.5) is 13.6 Å². The van der Waals surface area contributed by atoms with Crippen molar-refractivity contribution in [1.82, 2.24) is 10.2 Å². The van der Waals surface area contributed by atoms with E-state index in [-0.39, 0.29) is 18.7 Å². The third-order valence-electron chi connectivity index (χ3n) is 4.15. The lowest BCUT2D eigenvalue weighted by molar-refractivity contribution is -0.131. The Balaban J connectivity index is 1.74. The lowest BCUT2D eigenvalue weighted by Gasteiger charge is -2.22. The van der Waals surface area contributed by atoms with Crippen LogP contribution in [0, 0.1) is 11.6 Å². The van der Waals surface area contributed by atoms with Gasteiger partial charge >= 0.3 is 6.03 Å². The van der Waals surface area contributed by atoms with Gasteiger partial charge in [0, 0.05) is 5.56 Å². The summed E-state index contributed by atoms with van der Waals surface area (Å²) in [6.07, 6.45) is 0. The van der Waals surface area contributed by atoms with Gasteiger partial charge in [0.25, 0.3) is 5.91 Å². The largest absolute Gasteiger partial charge is 0.490 e. The predicted octanol–water partition coefficient (Wildman–Crippen LogP) is 3.46. The maximum absolute atomic E-state index is 14.1. The van der Waals surface area contributed by atoms with Crippen LogP contribution < -0.4 is 10.1 Å². The molecular formula is C18H15ClF2N2O3. The van der Waals surface area contributed by atoms with Crippen molar-refractivity contribution in [1.29, 1.82) is 0 Å². The predicted molar refractivity (Wildman–Crippen MR) is 90.9 cm³/mol. The van der Waals surface area contributed by atoms with Crippen molar-refractivity contribution in [2.75, 3.05) is 13.2 Å². The van der Waals surface area contributed by atoms with E-state index in [9.17, 15) is 18.4 Å². The van der Waals surface area contributed by atoms with Gasteiger partial charge in [-0.05, 0) is 37.3 Å². The molecule has 1 fully saturated rings. The van der Waals surface area contributed by atoms with Crippen LogP contribution in [0.3, 0.4) is 0 Å². The Hall–Kier alpha value is -2.67. The van der Waals surface area contributed by atoms with Crippen LogP contribution in [0.5, 0.6) is 5.75 Å². The van der Waals surface area contributed by atoms with Crippen molar-refractivity contribution in [3.8, 4) is 5.75 Å². The molecule has 0 spiro atoms. The molecule has 1 saturated heterocycles. The first-order valence-corrected chi connectivity index (χ1v) is 8.17. The summed E-state index contributed by atoms with van der Waals surface area (Å²) in [5, 5.41) is 2.82. The summed E-state index contributed by atoms with van der Waals surface area (Å²) in [6, 6.07) is 8.83. The summed E-state index contributed by atoms with van der Waals surface area (Å²) in [5.74, 6) is -1.75. The van der Waals surface area contributed by atoms with E-state index in [1.165, 1.54) is 6.92 Å². The second kappa shape index (κ2) is 6.92. The van der Waals surface area contributed by atoms with E-state index < -0.39 is 29.1 Å². The third kappa shape index (κ3) is 3.22. The van der Waals surface area contributed by atoms with Gasteiger partial charge < -0.3 is 10.1 Å². The number of benzene rings is 2. The third-order valence-corrected chi connectivity index (χ3v) is 4.46. The first-order chi connectivity index (χ1) is 12.3. The standard InChI is InChI=1S/C18H15ClF2N2O3/c1-18(12-10-11(20)6-7-14(12)21)16(24)23(17(25)22-18)8-9-26-15-5-3-2-4-13(15)19/h2-7,10H,8-9H2,1H3,(H,22,25)/t18-/m1/s1. The SMILES string of the molecule is C[C@]1(c2cc(F)ccc2F)NC(=O)N(CCOc2ccccc2Cl)C1=O. The molecule has 1 heterocycles. The van der Waals surface area contributed by atoms with Gasteiger partial charge in [0.2, 0.25) is 0 Å². The number of halogens is 3. The van der Waals surface area contributed by atoms with Gasteiger partial charge in [0.1, 0.15) is 29.5 Å². The van der Waals surface area contributed by atoms with Crippen LogP contribution in [0.2, 0.25) is 5.02 Å². The fourth-order valence-corrected chi connectivity index (χ4v) is 2.96. The number of urea groups is 1. The van der Waals surface area contributed by atoms with E-state index in [2.05, 4.69) is 5.32 Å². The van der Waals surface area contributed by atoms with Gasteiger partial charge in [-0.3, -0.25) is 9.69 Å². The molecule has 0 saturated carbocycles. The van der Waals surface area contributed by atoms with Crippen LogP contribution in [-0.4, -0.2) is 30.0 Å². The van der Waals surface area contributed by atoms with Crippen LogP contribution in [0.15, 0.2) is 42.5 Å². The van der Waals surface area contributed by atoms with Crippen LogP contribution >= 0.6 is 11.6 Å². The number of rotatable bonds is 5. The van der Waals surface area contributed by atoms with Crippen LogP contribution in [0.1, 0.15) is 12.5 Å². The van der Waals surface area contributed by atoms with E-state index in [4.69, 9.17) is 16.3 Å². The van der Waals surface area contributed by atoms with Gasteiger partial charge in [-0.25, -0.2) is 13.6 Å². The van der Waals surface area contributed by atoms with Gasteiger partial charge in [0.05, 0.1) is 11.6 Å². The Labute approximate surface area is 153 Å². The van der Waals surface area contributed by atoms with Crippen molar-refractivity contribution in [3.05, 3.63) is 64.7 Å². The van der Waals surface area contributed by atoms with E-state index in [0.29, 0.717) is 10.8 Å². The highest BCUT2D eigenvalue weighted by Crippen LogP contribution is 2.31. The number of carbonyl (C=O) groups is 2. The molecule has 3 rings (SSSR count). The number of imide groups is 1. The summed E-state index contributed by atoms with van der Waals surface area (Å²) in [6.45, 7) is 1.27. The first-order valence-electron chi connectivity index (χ1n) is 7.80. The summed E-state index contributed by atoms with van der Waals surface area (Å²) >= 11 is 5.97. The molecule has 1 aliphatic heterocycles. The number of ether oxygens (including phenoxy) is 1. The lowest BCUT2D eigenvalue weighted by atomic mass is 9.91. The molecule has 0 bridgehead atoms. The van der Waals surface area contributed by atoms with E-state index >= 15 is 0 Å². The smallest absolute Gasteiger partial charge is 0.325 e. The molecule has 0 radical (unpaired) electrons. The first kappa shape index (κ1) is 18.1. The molecule has 0 aliphatic carbocycles. The molecule has 1 atom stereocenters. The highest BCUT2D eigenvalue weighted by atomic mass is 35.5. The Morgan fingerprint density at radius 1 is 1.19 bits per heavy atom. The highest BCUT2D eigenvalue weighted by molar-refractivity contribution is 6.32. The maximum Gasteiger partial charge on any atom is 0.325 e. The average molecular weight is 381 g/mol. The number of hydrogen-bond donors (Lipinski definition) is 1. The molecule has 5 nitrogen and oxygen atoms in total. The summed E-state index contributed by atoms with van der Waals surface area (Å²) in [4.78, 5) is 25.8. The number of amides is 3. The van der Waals surface area contributed by atoms with Crippen molar-refractivity contribution in [2.45, 2.75) is 12.5 Å². The Morgan fingerprint density at radius 2 is 1.92 bits per heavy atom. The zero-order valence-corrected chi connectivity index (χ0v) is 14.5. The second-order valence-corrected chi connectivity index (χ2v) is 6.32. The quantitative estimate of drug-likeness (QED) is 0.808. The van der Waals surface area contributed by atoms with Gasteiger partial charge in [-0.15, -0.1) is 0 Å². The van der Waals surface area contributed by atoms with Gasteiger partial charge in [0.15, 0.2) is 0 Å². The van der Waals surface area contributed by atoms with Crippen molar-refractivity contribution < 1.29 is 23.1 Å². The molecule has 26 heavy (non-hydrogen) atoms. The topological polar surface area (TPSA) is 58.6 Å². The fourth-order valence-electron chi connectivity index (χ4n) is 2.77. The zero-order valence-electron chi connectivity index (χ0n) is 13.8. The van der Waals surface area contributed by atoms with E-state index in [0.717, 1.165) is 23.1 Å². The number of para-hydroxylation sites is 1. The molecule has 8 heteroatoms. The zero-order chi connectivity index (χ0) is 18.9. The maximum atomic E-state index is 14.1. The van der Waals surface area contributed by atoms with Crippen molar-refractivity contribution >= 4 is 23.5 Å². The van der Waals surface area contributed by atoms with Crippen LogP contribution in [0.25, 0.3) is 0 Å². The molecule has 3 amide bonds. The average Bonchev–Trinajstić information content (AvgIpc) is 2.82. The number of carbonyl (C=O) groups excluding carboxylic acids is 2. The minimum atomic E-state index is -1.69. The summed E-state index contributed by atoms with van der Waals surface area (Å²) < 4.78 is 33.0. The van der Waals surface area contributed by atoms with Gasteiger partial charge in [-0.2, -0.15) is 0 Å². The molecule has 2 aromatic carbocycles. The van der Waals surface area contributed by atoms with Crippen LogP contribution in [-0.2, 0) is 10.3 Å². The van der Waals surface area contributed by atoms with E-state index in [1.54, 1.807) is 24.3 Å². The molecular weight excluding hydrogens is 366 g/mol. The number of nitrogens with zero attached hydrogens (tertiary/aromatic N) is 1. The number of hydrogen-bond acceptors (Lipinski definition) is 3. The Bertz CT molecular complexity index is 877. The van der Waals surface area contributed by atoms with Crippen molar-refractivity contribution in [3.63, 3.8) is 0 Å². The highest BCUT2D eigenvalue weighted by Gasteiger charge is 2.50. The molecule has 1 N–H and O–H groups in total. The molecule has 136 valence electrons. The fraction of sp³-hybridized carbons (Fsp3) is 0.222. The monoisotopic (exact) mass is 380 g/mol. The normalized spacial score (nSPS) is 19.6. The summed E-state index contributed by atoms with van der Waals surface area (Å²) in [7, 11) is 0. The molecule has 1 aliphatic rings. The minimum absolute atomic E-state index is 0.00457.